The first kappa shape index (κ1) is 9.72. The molecule has 0 atom stereocenters. The summed E-state index contributed by atoms with van der Waals surface area (Å²) in [6, 6.07) is 11.9. The molecule has 0 aliphatic rings. The van der Waals surface area contributed by atoms with Crippen molar-refractivity contribution in [2.75, 3.05) is 0 Å². The molecule has 2 aromatic heterocycles. The topological polar surface area (TPSA) is 34.6 Å². The van der Waals surface area contributed by atoms with Gasteiger partial charge in [0.1, 0.15) is 0 Å². The molecule has 0 unspecified atom stereocenters. The lowest BCUT2D eigenvalue weighted by Crippen LogP contribution is -2.30. The monoisotopic (exact) mass is 223 g/mol. The predicted molar refractivity (Wildman–Crippen MR) is 62.9 cm³/mol. The third kappa shape index (κ3) is 1.92. The maximum absolute atomic E-state index is 4.19. The number of hydrogen-bond acceptors (Lipinski definition) is 2. The van der Waals surface area contributed by atoms with Crippen molar-refractivity contribution < 1.29 is 4.57 Å². The smallest absolute Gasteiger partial charge is 0.254 e. The number of para-hydroxylation sites is 1. The van der Waals surface area contributed by atoms with Gasteiger partial charge in [0.15, 0.2) is 6.33 Å². The van der Waals surface area contributed by atoms with E-state index < -0.39 is 0 Å². The highest BCUT2D eigenvalue weighted by Gasteiger charge is 2.08. The van der Waals surface area contributed by atoms with Crippen LogP contribution in [0.4, 0.5) is 0 Å². The molecule has 3 aromatic rings. The van der Waals surface area contributed by atoms with E-state index in [4.69, 9.17) is 0 Å². The van der Waals surface area contributed by atoms with Crippen LogP contribution < -0.4 is 4.57 Å². The number of hydrogen-bond donors (Lipinski definition) is 0. The van der Waals surface area contributed by atoms with Crippen LogP contribution >= 0.6 is 0 Å². The Bertz CT molecular complexity index is 548. The Morgan fingerprint density at radius 1 is 0.941 bits per heavy atom. The minimum atomic E-state index is 0.669. The third-order valence-corrected chi connectivity index (χ3v) is 2.47. The zero-order valence-electron chi connectivity index (χ0n) is 9.14. The summed E-state index contributed by atoms with van der Waals surface area (Å²) < 4.78 is 3.91. The zero-order valence-corrected chi connectivity index (χ0v) is 9.14. The van der Waals surface area contributed by atoms with Gasteiger partial charge in [0.05, 0.1) is 30.5 Å². The van der Waals surface area contributed by atoms with Crippen molar-refractivity contribution in [2.24, 2.45) is 0 Å². The van der Waals surface area contributed by atoms with Gasteiger partial charge in [-0.05, 0) is 18.2 Å². The lowest BCUT2D eigenvalue weighted by atomic mass is 10.3. The van der Waals surface area contributed by atoms with Gasteiger partial charge in [-0.3, -0.25) is 4.57 Å². The van der Waals surface area contributed by atoms with Gasteiger partial charge >= 0.3 is 5.95 Å². The zero-order chi connectivity index (χ0) is 11.5. The van der Waals surface area contributed by atoms with Crippen LogP contribution in [-0.4, -0.2) is 14.5 Å². The lowest BCUT2D eigenvalue weighted by Gasteiger charge is -1.96. The highest BCUT2D eigenvalue weighted by molar-refractivity contribution is 5.30. The molecule has 3 rings (SSSR count). The van der Waals surface area contributed by atoms with E-state index >= 15 is 0 Å². The Morgan fingerprint density at radius 3 is 2.47 bits per heavy atom. The van der Waals surface area contributed by atoms with E-state index in [1.807, 2.05) is 46.1 Å². The summed E-state index contributed by atoms with van der Waals surface area (Å²) in [7, 11) is 0. The molecular formula is C13H11N4+. The number of rotatable bonds is 2. The fourth-order valence-electron chi connectivity index (χ4n) is 1.65. The molecule has 17 heavy (non-hydrogen) atoms. The molecule has 1 aromatic carbocycles. The van der Waals surface area contributed by atoms with Gasteiger partial charge < -0.3 is 0 Å². The molecule has 4 heteroatoms. The van der Waals surface area contributed by atoms with Crippen LogP contribution in [0.3, 0.4) is 0 Å². The summed E-state index contributed by atoms with van der Waals surface area (Å²) in [6.07, 6.45) is 9.32. The molecule has 0 saturated heterocycles. The summed E-state index contributed by atoms with van der Waals surface area (Å²) in [5.74, 6) is 0.669. The normalized spacial score (nSPS) is 10.4. The standard InChI is InChI=1S/C13H11N4/c1-2-5-12(6-3-1)16-9-10-17(11-16)13-14-7-4-8-15-13/h1-11H/q+1. The molecule has 4 nitrogen and oxygen atoms in total. The molecule has 0 aliphatic heterocycles. The summed E-state index contributed by atoms with van der Waals surface area (Å²) >= 11 is 0. The fraction of sp³-hybridized carbons (Fsp3) is 0. The SMILES string of the molecule is c1ccc(-n2cc[n+](-c3ncccn3)c2)cc1. The summed E-state index contributed by atoms with van der Waals surface area (Å²) in [5, 5.41) is 0. The molecule has 0 radical (unpaired) electrons. The van der Waals surface area contributed by atoms with Crippen molar-refractivity contribution in [2.45, 2.75) is 0 Å². The minimum Gasteiger partial charge on any atom is -0.254 e. The van der Waals surface area contributed by atoms with Crippen LogP contribution in [0.15, 0.2) is 67.5 Å². The van der Waals surface area contributed by atoms with Gasteiger partial charge in [0, 0.05) is 0 Å². The average Bonchev–Trinajstić information content (AvgIpc) is 2.90. The Morgan fingerprint density at radius 2 is 1.71 bits per heavy atom. The molecule has 0 spiro atoms. The average molecular weight is 223 g/mol. The van der Waals surface area contributed by atoms with E-state index in [0.29, 0.717) is 5.95 Å². The first-order chi connectivity index (χ1) is 8.43. The van der Waals surface area contributed by atoms with Gasteiger partial charge in [0.25, 0.3) is 0 Å². The molecule has 0 N–H and O–H groups in total. The Hall–Kier alpha value is -2.49. The van der Waals surface area contributed by atoms with Crippen molar-refractivity contribution >= 4 is 0 Å². The van der Waals surface area contributed by atoms with Crippen molar-refractivity contribution in [3.05, 3.63) is 67.5 Å². The first-order valence-corrected chi connectivity index (χ1v) is 5.35. The van der Waals surface area contributed by atoms with Crippen LogP contribution in [0.5, 0.6) is 0 Å². The molecule has 0 saturated carbocycles. The molecule has 82 valence electrons. The van der Waals surface area contributed by atoms with Crippen LogP contribution in [-0.2, 0) is 0 Å². The highest BCUT2D eigenvalue weighted by atomic mass is 15.2. The van der Waals surface area contributed by atoms with Crippen molar-refractivity contribution in [3.63, 3.8) is 0 Å². The van der Waals surface area contributed by atoms with Gasteiger partial charge in [-0.2, -0.15) is 4.57 Å². The van der Waals surface area contributed by atoms with Crippen LogP contribution in [0, 0.1) is 0 Å². The Labute approximate surface area is 98.8 Å². The Balaban J connectivity index is 1.99. The third-order valence-electron chi connectivity index (χ3n) is 2.47. The number of imidazole rings is 1. The van der Waals surface area contributed by atoms with Crippen molar-refractivity contribution in [3.8, 4) is 11.6 Å². The first-order valence-electron chi connectivity index (χ1n) is 5.35. The van der Waals surface area contributed by atoms with E-state index in [0.717, 1.165) is 5.69 Å². The van der Waals surface area contributed by atoms with E-state index in [-0.39, 0.29) is 0 Å². The number of nitrogens with zero attached hydrogens (tertiary/aromatic N) is 4. The maximum atomic E-state index is 4.19. The second-order valence-electron chi connectivity index (χ2n) is 3.61. The van der Waals surface area contributed by atoms with Gasteiger partial charge in [-0.15, -0.1) is 9.97 Å². The maximum Gasteiger partial charge on any atom is 0.388 e. The summed E-state index contributed by atoms with van der Waals surface area (Å²) in [5.41, 5.74) is 1.11. The van der Waals surface area contributed by atoms with Gasteiger partial charge in [-0.1, -0.05) is 18.2 Å². The molecule has 0 fully saturated rings. The van der Waals surface area contributed by atoms with Gasteiger partial charge in [-0.25, -0.2) is 0 Å². The molecule has 0 aliphatic carbocycles. The molecular weight excluding hydrogens is 212 g/mol. The van der Waals surface area contributed by atoms with E-state index in [2.05, 4.69) is 22.1 Å². The number of aromatic nitrogens is 4. The second-order valence-corrected chi connectivity index (χ2v) is 3.61. The molecule has 0 bridgehead atoms. The van der Waals surface area contributed by atoms with E-state index in [1.54, 1.807) is 18.5 Å². The summed E-state index contributed by atoms with van der Waals surface area (Å²) in [4.78, 5) is 8.39. The highest BCUT2D eigenvalue weighted by Crippen LogP contribution is 2.04. The minimum absolute atomic E-state index is 0.669. The van der Waals surface area contributed by atoms with Crippen LogP contribution in [0.25, 0.3) is 11.6 Å². The van der Waals surface area contributed by atoms with Crippen molar-refractivity contribution in [1.82, 2.24) is 14.5 Å². The lowest BCUT2D eigenvalue weighted by molar-refractivity contribution is -0.602. The van der Waals surface area contributed by atoms with Gasteiger partial charge in [0.2, 0.25) is 0 Å². The molecule has 2 heterocycles. The van der Waals surface area contributed by atoms with E-state index in [1.165, 1.54) is 0 Å². The predicted octanol–water partition coefficient (Wildman–Crippen LogP) is 1.54. The quantitative estimate of drug-likeness (QED) is 0.618. The largest absolute Gasteiger partial charge is 0.388 e. The summed E-state index contributed by atoms with van der Waals surface area (Å²) in [6.45, 7) is 0. The second kappa shape index (κ2) is 4.17. The van der Waals surface area contributed by atoms with Crippen LogP contribution in [0.1, 0.15) is 0 Å². The van der Waals surface area contributed by atoms with Crippen LogP contribution in [0.2, 0.25) is 0 Å². The Kier molecular flexibility index (Phi) is 2.38. The van der Waals surface area contributed by atoms with E-state index in [9.17, 15) is 0 Å². The molecule has 0 amide bonds. The number of benzene rings is 1. The van der Waals surface area contributed by atoms with Crippen molar-refractivity contribution in [1.29, 1.82) is 0 Å². The fourth-order valence-corrected chi connectivity index (χ4v) is 1.65.